The van der Waals surface area contributed by atoms with Gasteiger partial charge in [-0.15, -0.1) is 0 Å². The largest absolute Gasteiger partial charge is 0.312 e. The van der Waals surface area contributed by atoms with Gasteiger partial charge in [0.2, 0.25) is 0 Å². The number of nitrogens with one attached hydrogen (secondary N) is 2. The van der Waals surface area contributed by atoms with Gasteiger partial charge in [-0.25, -0.2) is 0 Å². The van der Waals surface area contributed by atoms with E-state index in [2.05, 4.69) is 40.7 Å². The van der Waals surface area contributed by atoms with Crippen LogP contribution in [0.25, 0.3) is 0 Å². The van der Waals surface area contributed by atoms with E-state index in [-0.39, 0.29) is 0 Å². The van der Waals surface area contributed by atoms with Gasteiger partial charge in [0, 0.05) is 12.1 Å². The molecule has 0 radical (unpaired) electrons. The van der Waals surface area contributed by atoms with E-state index in [0.29, 0.717) is 0 Å². The van der Waals surface area contributed by atoms with Crippen molar-refractivity contribution in [3.05, 3.63) is 34.9 Å². The van der Waals surface area contributed by atoms with Crippen molar-refractivity contribution in [3.8, 4) is 11.8 Å². The Balaban J connectivity index is 2.18. The molecule has 0 unspecified atom stereocenters. The van der Waals surface area contributed by atoms with Gasteiger partial charge in [0.05, 0.1) is 6.54 Å². The van der Waals surface area contributed by atoms with Gasteiger partial charge in [-0.05, 0) is 43.3 Å². The maximum absolute atomic E-state index is 3.37. The first-order valence-corrected chi connectivity index (χ1v) is 5.36. The molecular weight excluding hydrogens is 184 g/mol. The average Bonchev–Trinajstić information content (AvgIpc) is 2.29. The number of rotatable bonds is 1. The van der Waals surface area contributed by atoms with Crippen LogP contribution in [0.4, 0.5) is 0 Å². The second kappa shape index (κ2) is 4.97. The first-order chi connectivity index (χ1) is 7.40. The predicted octanol–water partition coefficient (Wildman–Crippen LogP) is 0.903. The third kappa shape index (κ3) is 2.59. The molecular formula is C13H16N2. The van der Waals surface area contributed by atoms with Crippen LogP contribution >= 0.6 is 0 Å². The van der Waals surface area contributed by atoms with E-state index in [0.717, 1.165) is 31.6 Å². The van der Waals surface area contributed by atoms with Crippen molar-refractivity contribution in [2.24, 2.45) is 0 Å². The van der Waals surface area contributed by atoms with E-state index >= 15 is 0 Å². The molecule has 0 bridgehead atoms. The molecule has 0 saturated carbocycles. The van der Waals surface area contributed by atoms with E-state index in [1.807, 2.05) is 7.05 Å². The van der Waals surface area contributed by atoms with Crippen LogP contribution in [0.2, 0.25) is 0 Å². The summed E-state index contributed by atoms with van der Waals surface area (Å²) in [5.41, 5.74) is 3.98. The van der Waals surface area contributed by atoms with Gasteiger partial charge in [-0.1, -0.05) is 17.9 Å². The van der Waals surface area contributed by atoms with Crippen LogP contribution in [0.3, 0.4) is 0 Å². The van der Waals surface area contributed by atoms with Gasteiger partial charge in [0.1, 0.15) is 0 Å². The molecule has 78 valence electrons. The van der Waals surface area contributed by atoms with Crippen molar-refractivity contribution in [1.82, 2.24) is 10.6 Å². The lowest BCUT2D eigenvalue weighted by molar-refractivity contribution is 0.643. The summed E-state index contributed by atoms with van der Waals surface area (Å²) in [6.07, 6.45) is 1.14. The van der Waals surface area contributed by atoms with Crippen LogP contribution in [0.1, 0.15) is 16.7 Å². The first-order valence-electron chi connectivity index (χ1n) is 5.36. The Hall–Kier alpha value is -1.30. The highest BCUT2D eigenvalue weighted by atomic mass is 14.9. The third-order valence-corrected chi connectivity index (χ3v) is 2.59. The fourth-order valence-corrected chi connectivity index (χ4v) is 1.79. The number of hydrogen-bond acceptors (Lipinski definition) is 2. The molecule has 0 amide bonds. The van der Waals surface area contributed by atoms with Crippen LogP contribution in [0.15, 0.2) is 18.2 Å². The Bertz CT molecular complexity index is 399. The molecule has 0 atom stereocenters. The molecule has 1 aliphatic rings. The molecule has 1 heterocycles. The van der Waals surface area contributed by atoms with Gasteiger partial charge < -0.3 is 10.6 Å². The minimum Gasteiger partial charge on any atom is -0.312 e. The minimum absolute atomic E-state index is 0.745. The Kier molecular flexibility index (Phi) is 3.39. The maximum atomic E-state index is 3.37. The average molecular weight is 200 g/mol. The third-order valence-electron chi connectivity index (χ3n) is 2.59. The highest BCUT2D eigenvalue weighted by Gasteiger charge is 2.07. The molecule has 1 aromatic carbocycles. The zero-order valence-corrected chi connectivity index (χ0v) is 9.06. The standard InChI is InChI=1S/C13H16N2/c1-14-7-2-3-11-4-5-12-6-8-15-10-13(12)9-11/h4-5,9,14-15H,6-8,10H2,1H3. The molecule has 15 heavy (non-hydrogen) atoms. The Morgan fingerprint density at radius 2 is 2.33 bits per heavy atom. The highest BCUT2D eigenvalue weighted by Crippen LogP contribution is 2.15. The van der Waals surface area contributed by atoms with Crippen LogP contribution in [-0.4, -0.2) is 20.1 Å². The molecule has 2 N–H and O–H groups in total. The normalized spacial score (nSPS) is 13.9. The summed E-state index contributed by atoms with van der Waals surface area (Å²) >= 11 is 0. The van der Waals surface area contributed by atoms with Crippen LogP contribution in [0.5, 0.6) is 0 Å². The van der Waals surface area contributed by atoms with E-state index in [1.54, 1.807) is 0 Å². The Morgan fingerprint density at radius 3 is 3.20 bits per heavy atom. The lowest BCUT2D eigenvalue weighted by Crippen LogP contribution is -2.23. The van der Waals surface area contributed by atoms with E-state index < -0.39 is 0 Å². The zero-order chi connectivity index (χ0) is 10.5. The van der Waals surface area contributed by atoms with Crippen molar-refractivity contribution < 1.29 is 0 Å². The van der Waals surface area contributed by atoms with Crippen molar-refractivity contribution in [2.45, 2.75) is 13.0 Å². The van der Waals surface area contributed by atoms with E-state index in [1.165, 1.54) is 11.1 Å². The molecule has 1 aromatic rings. The second-order valence-corrected chi connectivity index (χ2v) is 3.74. The van der Waals surface area contributed by atoms with Gasteiger partial charge in [0.15, 0.2) is 0 Å². The number of hydrogen-bond donors (Lipinski definition) is 2. The monoisotopic (exact) mass is 200 g/mol. The van der Waals surface area contributed by atoms with Crippen molar-refractivity contribution in [2.75, 3.05) is 20.1 Å². The summed E-state index contributed by atoms with van der Waals surface area (Å²) < 4.78 is 0. The Labute approximate surface area is 91.1 Å². The van der Waals surface area contributed by atoms with Crippen molar-refractivity contribution in [1.29, 1.82) is 0 Å². The molecule has 1 aliphatic heterocycles. The highest BCUT2D eigenvalue weighted by molar-refractivity contribution is 5.42. The summed E-state index contributed by atoms with van der Waals surface area (Å²) in [5, 5.41) is 6.39. The molecule has 2 heteroatoms. The predicted molar refractivity (Wildman–Crippen MR) is 62.7 cm³/mol. The summed E-state index contributed by atoms with van der Waals surface area (Å²) in [5.74, 6) is 6.23. The number of benzene rings is 1. The molecule has 2 nitrogen and oxygen atoms in total. The van der Waals surface area contributed by atoms with Gasteiger partial charge in [0.25, 0.3) is 0 Å². The Morgan fingerprint density at radius 1 is 1.40 bits per heavy atom. The summed E-state index contributed by atoms with van der Waals surface area (Å²) in [6.45, 7) is 2.82. The van der Waals surface area contributed by atoms with Crippen molar-refractivity contribution >= 4 is 0 Å². The molecule has 0 spiro atoms. The molecule has 0 fully saturated rings. The van der Waals surface area contributed by atoms with Crippen LogP contribution < -0.4 is 10.6 Å². The summed E-state index contributed by atoms with van der Waals surface area (Å²) in [6, 6.07) is 6.52. The summed E-state index contributed by atoms with van der Waals surface area (Å²) in [7, 11) is 1.91. The van der Waals surface area contributed by atoms with Gasteiger partial charge in [-0.3, -0.25) is 0 Å². The smallest absolute Gasteiger partial charge is 0.0577 e. The SMILES string of the molecule is CNCC#Cc1ccc2c(c1)CNCC2. The lowest BCUT2D eigenvalue weighted by atomic mass is 9.99. The fraction of sp³-hybridized carbons (Fsp3) is 0.385. The van der Waals surface area contributed by atoms with E-state index in [4.69, 9.17) is 0 Å². The molecule has 0 aliphatic carbocycles. The van der Waals surface area contributed by atoms with Gasteiger partial charge in [-0.2, -0.15) is 0 Å². The molecule has 0 aromatic heterocycles. The van der Waals surface area contributed by atoms with Crippen molar-refractivity contribution in [3.63, 3.8) is 0 Å². The van der Waals surface area contributed by atoms with Crippen LogP contribution in [0, 0.1) is 11.8 Å². The second-order valence-electron chi connectivity index (χ2n) is 3.74. The van der Waals surface area contributed by atoms with E-state index in [9.17, 15) is 0 Å². The van der Waals surface area contributed by atoms with Gasteiger partial charge >= 0.3 is 0 Å². The fourth-order valence-electron chi connectivity index (χ4n) is 1.79. The zero-order valence-electron chi connectivity index (χ0n) is 9.06. The lowest BCUT2D eigenvalue weighted by Gasteiger charge is -2.16. The first kappa shape index (κ1) is 10.2. The number of fused-ring (bicyclic) bond motifs is 1. The quantitative estimate of drug-likeness (QED) is 0.658. The minimum atomic E-state index is 0.745. The summed E-state index contributed by atoms with van der Waals surface area (Å²) in [4.78, 5) is 0. The maximum Gasteiger partial charge on any atom is 0.0577 e. The molecule has 0 saturated heterocycles. The van der Waals surface area contributed by atoms with Crippen LogP contribution in [-0.2, 0) is 13.0 Å². The molecule has 2 rings (SSSR count). The topological polar surface area (TPSA) is 24.1 Å².